The first kappa shape index (κ1) is 17.1. The van der Waals surface area contributed by atoms with E-state index in [-0.39, 0.29) is 18.2 Å². The molecule has 2 rings (SSSR count). The lowest BCUT2D eigenvalue weighted by molar-refractivity contribution is -0.114. The van der Waals surface area contributed by atoms with Crippen molar-refractivity contribution in [2.24, 2.45) is 0 Å². The Kier molecular flexibility index (Phi) is 6.41. The molecule has 1 aromatic rings. The van der Waals surface area contributed by atoms with Gasteiger partial charge in [-0.1, -0.05) is 34.8 Å². The Bertz CT molecular complexity index is 464. The minimum absolute atomic E-state index is 0.0621. The van der Waals surface area contributed by atoms with Crippen molar-refractivity contribution in [2.75, 3.05) is 27.4 Å². The largest absolute Gasteiger partial charge is 0.484 e. The van der Waals surface area contributed by atoms with Crippen molar-refractivity contribution in [3.63, 3.8) is 0 Å². The van der Waals surface area contributed by atoms with Crippen LogP contribution in [0.1, 0.15) is 6.42 Å². The third-order valence-electron chi connectivity index (χ3n) is 3.45. The van der Waals surface area contributed by atoms with Crippen molar-refractivity contribution in [1.82, 2.24) is 5.32 Å². The fourth-order valence-electron chi connectivity index (χ4n) is 2.26. The van der Waals surface area contributed by atoms with E-state index in [9.17, 15) is 0 Å². The topological polar surface area (TPSA) is 39.7 Å². The van der Waals surface area contributed by atoms with E-state index in [1.807, 2.05) is 7.05 Å². The quantitative estimate of drug-likeness (QED) is 0.762. The third kappa shape index (κ3) is 4.15. The molecular formula is C14H18Cl3NO3. The Morgan fingerprint density at radius 1 is 1.19 bits per heavy atom. The van der Waals surface area contributed by atoms with Crippen LogP contribution in [0.2, 0.25) is 15.1 Å². The standard InChI is InChI=1S/C14H18Cl3NO3/c1-18-11-7-12(14(11)20-4-3-19-2)21-13-9(16)5-8(15)6-10(13)17/h5-6,11-12,14,18H,3-4,7H2,1-2H3. The van der Waals surface area contributed by atoms with Crippen LogP contribution in [0, 0.1) is 0 Å². The molecule has 0 amide bonds. The maximum Gasteiger partial charge on any atom is 0.157 e. The van der Waals surface area contributed by atoms with E-state index in [1.54, 1.807) is 19.2 Å². The summed E-state index contributed by atoms with van der Waals surface area (Å²) >= 11 is 18.2. The van der Waals surface area contributed by atoms with Crippen LogP contribution in [0.15, 0.2) is 12.1 Å². The monoisotopic (exact) mass is 353 g/mol. The molecule has 0 saturated heterocycles. The van der Waals surface area contributed by atoms with Gasteiger partial charge in [0.05, 0.1) is 23.3 Å². The average molecular weight is 355 g/mol. The Morgan fingerprint density at radius 3 is 2.43 bits per heavy atom. The molecule has 1 N–H and O–H groups in total. The van der Waals surface area contributed by atoms with Gasteiger partial charge in [-0.05, 0) is 19.2 Å². The van der Waals surface area contributed by atoms with Gasteiger partial charge < -0.3 is 19.5 Å². The lowest BCUT2D eigenvalue weighted by Crippen LogP contribution is -2.60. The average Bonchev–Trinajstić information content (AvgIpc) is 2.41. The van der Waals surface area contributed by atoms with Gasteiger partial charge in [-0.3, -0.25) is 0 Å². The number of hydrogen-bond donors (Lipinski definition) is 1. The summed E-state index contributed by atoms with van der Waals surface area (Å²) in [4.78, 5) is 0. The molecule has 1 aliphatic carbocycles. The summed E-state index contributed by atoms with van der Waals surface area (Å²) in [6.45, 7) is 1.06. The molecule has 0 spiro atoms. The number of methoxy groups -OCH3 is 1. The number of ether oxygens (including phenoxy) is 3. The fourth-order valence-corrected chi connectivity index (χ4v) is 3.17. The summed E-state index contributed by atoms with van der Waals surface area (Å²) in [5.41, 5.74) is 0. The first-order valence-corrected chi connectivity index (χ1v) is 7.79. The second-order valence-electron chi connectivity index (χ2n) is 4.81. The van der Waals surface area contributed by atoms with E-state index >= 15 is 0 Å². The van der Waals surface area contributed by atoms with Crippen LogP contribution < -0.4 is 10.1 Å². The molecule has 21 heavy (non-hydrogen) atoms. The number of rotatable bonds is 7. The number of halogens is 3. The molecule has 0 bridgehead atoms. The minimum Gasteiger partial charge on any atom is -0.484 e. The first-order chi connectivity index (χ1) is 10.1. The summed E-state index contributed by atoms with van der Waals surface area (Å²) < 4.78 is 16.7. The number of nitrogens with one attached hydrogen (secondary N) is 1. The Labute approximate surface area is 139 Å². The summed E-state index contributed by atoms with van der Waals surface area (Å²) in [5.74, 6) is 0.447. The van der Waals surface area contributed by atoms with Crippen molar-refractivity contribution >= 4 is 34.8 Å². The molecule has 0 heterocycles. The van der Waals surface area contributed by atoms with Gasteiger partial charge in [-0.25, -0.2) is 0 Å². The van der Waals surface area contributed by atoms with Crippen LogP contribution in [-0.4, -0.2) is 45.6 Å². The van der Waals surface area contributed by atoms with Gasteiger partial charge in [-0.15, -0.1) is 0 Å². The molecule has 0 radical (unpaired) electrons. The molecule has 0 aromatic heterocycles. The van der Waals surface area contributed by atoms with Gasteiger partial charge in [-0.2, -0.15) is 0 Å². The van der Waals surface area contributed by atoms with E-state index in [4.69, 9.17) is 49.0 Å². The maximum absolute atomic E-state index is 6.13. The molecule has 3 atom stereocenters. The van der Waals surface area contributed by atoms with Crippen molar-refractivity contribution in [3.05, 3.63) is 27.2 Å². The van der Waals surface area contributed by atoms with Crippen LogP contribution in [-0.2, 0) is 9.47 Å². The van der Waals surface area contributed by atoms with Gasteiger partial charge in [0.15, 0.2) is 5.75 Å². The zero-order chi connectivity index (χ0) is 15.4. The van der Waals surface area contributed by atoms with E-state index < -0.39 is 0 Å². The zero-order valence-corrected chi connectivity index (χ0v) is 14.1. The van der Waals surface area contributed by atoms with Gasteiger partial charge in [0.1, 0.15) is 12.2 Å². The molecule has 3 unspecified atom stereocenters. The summed E-state index contributed by atoms with van der Waals surface area (Å²) in [6.07, 6.45) is 0.659. The highest BCUT2D eigenvalue weighted by molar-refractivity contribution is 6.40. The molecule has 1 fully saturated rings. The molecule has 118 valence electrons. The molecule has 1 aromatic carbocycles. The number of likely N-dealkylation sites (N-methyl/N-ethyl adjacent to an activating group) is 1. The second-order valence-corrected chi connectivity index (χ2v) is 6.06. The highest BCUT2D eigenvalue weighted by Gasteiger charge is 2.43. The highest BCUT2D eigenvalue weighted by Crippen LogP contribution is 2.39. The van der Waals surface area contributed by atoms with Crippen LogP contribution in [0.4, 0.5) is 0 Å². The van der Waals surface area contributed by atoms with E-state index in [0.29, 0.717) is 34.0 Å². The van der Waals surface area contributed by atoms with E-state index in [2.05, 4.69) is 5.32 Å². The molecule has 0 aliphatic heterocycles. The van der Waals surface area contributed by atoms with E-state index in [0.717, 1.165) is 6.42 Å². The maximum atomic E-state index is 6.13. The molecule has 1 saturated carbocycles. The Morgan fingerprint density at radius 2 is 1.86 bits per heavy atom. The third-order valence-corrected chi connectivity index (χ3v) is 4.23. The molecular weight excluding hydrogens is 337 g/mol. The van der Waals surface area contributed by atoms with Crippen molar-refractivity contribution < 1.29 is 14.2 Å². The molecule has 7 heteroatoms. The summed E-state index contributed by atoms with van der Waals surface area (Å²) in [7, 11) is 3.54. The zero-order valence-electron chi connectivity index (χ0n) is 11.9. The summed E-state index contributed by atoms with van der Waals surface area (Å²) in [6, 6.07) is 3.47. The van der Waals surface area contributed by atoms with Crippen molar-refractivity contribution in [3.8, 4) is 5.75 Å². The molecule has 1 aliphatic rings. The van der Waals surface area contributed by atoms with E-state index in [1.165, 1.54) is 0 Å². The molecule has 4 nitrogen and oxygen atoms in total. The smallest absolute Gasteiger partial charge is 0.157 e. The van der Waals surface area contributed by atoms with Crippen molar-refractivity contribution in [1.29, 1.82) is 0 Å². The SMILES string of the molecule is CNC1CC(Oc2c(Cl)cc(Cl)cc2Cl)C1OCCOC. The fraction of sp³-hybridized carbons (Fsp3) is 0.571. The van der Waals surface area contributed by atoms with Crippen LogP contribution in [0.3, 0.4) is 0 Å². The van der Waals surface area contributed by atoms with Gasteiger partial charge in [0.2, 0.25) is 0 Å². The Hall–Kier alpha value is -0.230. The minimum atomic E-state index is -0.101. The van der Waals surface area contributed by atoms with Crippen molar-refractivity contribution in [2.45, 2.75) is 24.7 Å². The van der Waals surface area contributed by atoms with Crippen LogP contribution in [0.25, 0.3) is 0 Å². The second kappa shape index (κ2) is 7.86. The van der Waals surface area contributed by atoms with Gasteiger partial charge in [0, 0.05) is 24.6 Å². The van der Waals surface area contributed by atoms with Gasteiger partial charge >= 0.3 is 0 Å². The predicted molar refractivity (Wildman–Crippen MR) is 85.0 cm³/mol. The first-order valence-electron chi connectivity index (χ1n) is 6.65. The van der Waals surface area contributed by atoms with Gasteiger partial charge in [0.25, 0.3) is 0 Å². The number of hydrogen-bond acceptors (Lipinski definition) is 4. The Balaban J connectivity index is 2.02. The van der Waals surface area contributed by atoms with Crippen LogP contribution >= 0.6 is 34.8 Å². The van der Waals surface area contributed by atoms with Crippen LogP contribution in [0.5, 0.6) is 5.75 Å². The highest BCUT2D eigenvalue weighted by atomic mass is 35.5. The normalized spacial score (nSPS) is 24.7. The number of benzene rings is 1. The predicted octanol–water partition coefficient (Wildman–Crippen LogP) is 3.42. The lowest BCUT2D eigenvalue weighted by Gasteiger charge is -2.43. The lowest BCUT2D eigenvalue weighted by atomic mass is 9.85. The summed E-state index contributed by atoms with van der Waals surface area (Å²) in [5, 5.41) is 4.48.